The topological polar surface area (TPSA) is 43.6 Å². The quantitative estimate of drug-likeness (QED) is 0.814. The van der Waals surface area contributed by atoms with Crippen LogP contribution < -0.4 is 0 Å². The zero-order valence-corrected chi connectivity index (χ0v) is 11.7. The maximum atomic E-state index is 6.03. The fourth-order valence-corrected chi connectivity index (χ4v) is 2.56. The van der Waals surface area contributed by atoms with Gasteiger partial charge in [-0.1, -0.05) is 34.1 Å². The summed E-state index contributed by atoms with van der Waals surface area (Å²) in [6, 6.07) is 8.07. The molecule has 1 unspecified atom stereocenters. The molecule has 0 N–H and O–H groups in total. The fourth-order valence-electron chi connectivity index (χ4n) is 1.68. The second-order valence-corrected chi connectivity index (χ2v) is 4.93. The van der Waals surface area contributed by atoms with Gasteiger partial charge in [0, 0.05) is 22.7 Å². The molecule has 1 atom stereocenters. The molecule has 0 saturated heterocycles. The molecule has 0 radical (unpaired) electrons. The minimum atomic E-state index is 0.191. The van der Waals surface area contributed by atoms with E-state index in [9.17, 15) is 0 Å². The van der Waals surface area contributed by atoms with Crippen molar-refractivity contribution in [1.29, 1.82) is 0 Å². The zero-order valence-electron chi connectivity index (χ0n) is 9.35. The summed E-state index contributed by atoms with van der Waals surface area (Å²) in [7, 11) is 1.75. The molecular weight excluding hydrogens is 304 g/mol. The molecule has 0 aliphatic rings. The molecule has 0 bridgehead atoms. The highest BCUT2D eigenvalue weighted by molar-refractivity contribution is 9.10. The van der Waals surface area contributed by atoms with Gasteiger partial charge < -0.3 is 0 Å². The van der Waals surface area contributed by atoms with Gasteiger partial charge in [0.2, 0.25) is 0 Å². The van der Waals surface area contributed by atoms with E-state index in [2.05, 4.69) is 37.4 Å². The first-order chi connectivity index (χ1) is 8.20. The molecule has 0 amide bonds. The smallest absolute Gasteiger partial charge is 0.167 e. The van der Waals surface area contributed by atoms with Gasteiger partial charge in [-0.2, -0.15) is 4.80 Å². The summed E-state index contributed by atoms with van der Waals surface area (Å²) < 4.78 is 1.06. The molecule has 90 valence electrons. The number of nitrogens with zero attached hydrogens (tertiary/aromatic N) is 4. The van der Waals surface area contributed by atoms with Gasteiger partial charge in [0.1, 0.15) is 0 Å². The van der Waals surface area contributed by atoms with Crippen molar-refractivity contribution in [2.75, 3.05) is 5.88 Å². The van der Waals surface area contributed by atoms with Crippen molar-refractivity contribution in [1.82, 2.24) is 20.2 Å². The molecule has 0 spiro atoms. The second-order valence-electron chi connectivity index (χ2n) is 3.77. The number of halogens is 2. The number of tetrazole rings is 1. The van der Waals surface area contributed by atoms with E-state index in [1.165, 1.54) is 10.4 Å². The second kappa shape index (κ2) is 5.60. The molecule has 4 nitrogen and oxygen atoms in total. The number of aryl methyl sites for hydroxylation is 1. The summed E-state index contributed by atoms with van der Waals surface area (Å²) >= 11 is 9.56. The van der Waals surface area contributed by atoms with E-state index in [-0.39, 0.29) is 5.92 Å². The lowest BCUT2D eigenvalue weighted by Crippen LogP contribution is -2.07. The van der Waals surface area contributed by atoms with Gasteiger partial charge in [-0.25, -0.2) is 0 Å². The van der Waals surface area contributed by atoms with Crippen molar-refractivity contribution in [3.05, 3.63) is 40.1 Å². The molecule has 0 aliphatic carbocycles. The normalized spacial score (nSPS) is 12.6. The summed E-state index contributed by atoms with van der Waals surface area (Å²) in [5, 5.41) is 12.0. The fraction of sp³-hybridized carbons (Fsp3) is 0.364. The highest BCUT2D eigenvalue weighted by atomic mass is 79.9. The Morgan fingerprint density at radius 1 is 1.41 bits per heavy atom. The molecule has 1 heterocycles. The monoisotopic (exact) mass is 314 g/mol. The number of hydrogen-bond acceptors (Lipinski definition) is 3. The van der Waals surface area contributed by atoms with Crippen molar-refractivity contribution < 1.29 is 0 Å². The van der Waals surface area contributed by atoms with Crippen LogP contribution in [0.1, 0.15) is 17.3 Å². The van der Waals surface area contributed by atoms with Gasteiger partial charge in [0.15, 0.2) is 5.82 Å². The molecule has 0 saturated carbocycles. The van der Waals surface area contributed by atoms with E-state index in [0.29, 0.717) is 18.1 Å². The Labute approximate surface area is 113 Å². The minimum Gasteiger partial charge on any atom is -0.167 e. The number of alkyl halides is 1. The third kappa shape index (κ3) is 3.04. The standard InChI is InChI=1S/C11H12BrClN4/c1-17-15-11(14-16-17)6-8(7-13)9-4-2-3-5-10(9)12/h2-5,8H,6-7H2,1H3. The molecule has 2 aromatic rings. The van der Waals surface area contributed by atoms with E-state index >= 15 is 0 Å². The van der Waals surface area contributed by atoms with E-state index in [0.717, 1.165) is 4.47 Å². The first kappa shape index (κ1) is 12.5. The maximum Gasteiger partial charge on any atom is 0.175 e. The van der Waals surface area contributed by atoms with Crippen LogP contribution in [0.5, 0.6) is 0 Å². The van der Waals surface area contributed by atoms with Gasteiger partial charge in [-0.15, -0.1) is 21.8 Å². The molecule has 0 fully saturated rings. The lowest BCUT2D eigenvalue weighted by molar-refractivity contribution is 0.624. The predicted octanol–water partition coefficient (Wildman–Crippen LogP) is 2.54. The Morgan fingerprint density at radius 2 is 2.18 bits per heavy atom. The SMILES string of the molecule is Cn1nnc(CC(CCl)c2ccccc2Br)n1. The van der Waals surface area contributed by atoms with Crippen LogP contribution in [0.4, 0.5) is 0 Å². The van der Waals surface area contributed by atoms with Crippen LogP contribution in [-0.2, 0) is 13.5 Å². The van der Waals surface area contributed by atoms with Crippen LogP contribution in [0.15, 0.2) is 28.7 Å². The Kier molecular flexibility index (Phi) is 4.12. The zero-order chi connectivity index (χ0) is 12.3. The Balaban J connectivity index is 2.20. The molecule has 17 heavy (non-hydrogen) atoms. The highest BCUT2D eigenvalue weighted by Gasteiger charge is 2.16. The van der Waals surface area contributed by atoms with Crippen molar-refractivity contribution in [2.24, 2.45) is 7.05 Å². The summed E-state index contributed by atoms with van der Waals surface area (Å²) in [6.45, 7) is 0. The van der Waals surface area contributed by atoms with Crippen LogP contribution in [0.25, 0.3) is 0 Å². The van der Waals surface area contributed by atoms with Crippen molar-refractivity contribution in [2.45, 2.75) is 12.3 Å². The lowest BCUT2D eigenvalue weighted by atomic mass is 9.97. The molecule has 0 aliphatic heterocycles. The van der Waals surface area contributed by atoms with Crippen LogP contribution in [0.2, 0.25) is 0 Å². The average molecular weight is 316 g/mol. The van der Waals surface area contributed by atoms with Gasteiger partial charge in [-0.3, -0.25) is 0 Å². The summed E-state index contributed by atoms with van der Waals surface area (Å²) in [5.74, 6) is 1.44. The number of aromatic nitrogens is 4. The van der Waals surface area contributed by atoms with Gasteiger partial charge in [0.05, 0.1) is 7.05 Å². The van der Waals surface area contributed by atoms with E-state index in [1.54, 1.807) is 7.05 Å². The Hall–Kier alpha value is -0.940. The van der Waals surface area contributed by atoms with E-state index in [1.807, 2.05) is 18.2 Å². The van der Waals surface area contributed by atoms with Gasteiger partial charge in [-0.05, 0) is 16.8 Å². The lowest BCUT2D eigenvalue weighted by Gasteiger charge is -2.13. The van der Waals surface area contributed by atoms with Crippen LogP contribution in [0, 0.1) is 0 Å². The first-order valence-corrected chi connectivity index (χ1v) is 6.56. The van der Waals surface area contributed by atoms with Crippen molar-refractivity contribution >= 4 is 27.5 Å². The highest BCUT2D eigenvalue weighted by Crippen LogP contribution is 2.27. The Morgan fingerprint density at radius 3 is 2.76 bits per heavy atom. The predicted molar refractivity (Wildman–Crippen MR) is 70.1 cm³/mol. The minimum absolute atomic E-state index is 0.191. The first-order valence-electron chi connectivity index (χ1n) is 5.24. The van der Waals surface area contributed by atoms with Crippen LogP contribution in [-0.4, -0.2) is 26.1 Å². The molecule has 1 aromatic carbocycles. The molecule has 2 rings (SSSR count). The van der Waals surface area contributed by atoms with Crippen LogP contribution >= 0.6 is 27.5 Å². The maximum absolute atomic E-state index is 6.03. The molecular formula is C11H12BrClN4. The van der Waals surface area contributed by atoms with Gasteiger partial charge in [0.25, 0.3) is 0 Å². The van der Waals surface area contributed by atoms with E-state index < -0.39 is 0 Å². The number of rotatable bonds is 4. The van der Waals surface area contributed by atoms with Crippen molar-refractivity contribution in [3.63, 3.8) is 0 Å². The van der Waals surface area contributed by atoms with E-state index in [4.69, 9.17) is 11.6 Å². The van der Waals surface area contributed by atoms with Gasteiger partial charge >= 0.3 is 0 Å². The number of hydrogen-bond donors (Lipinski definition) is 0. The van der Waals surface area contributed by atoms with Crippen molar-refractivity contribution in [3.8, 4) is 0 Å². The Bertz CT molecular complexity index is 500. The third-order valence-electron chi connectivity index (χ3n) is 2.51. The average Bonchev–Trinajstić information content (AvgIpc) is 2.73. The summed E-state index contributed by atoms with van der Waals surface area (Å²) in [5.41, 5.74) is 1.18. The molecule has 1 aromatic heterocycles. The summed E-state index contributed by atoms with van der Waals surface area (Å²) in [6.07, 6.45) is 0.694. The largest absolute Gasteiger partial charge is 0.175 e. The van der Waals surface area contributed by atoms with Crippen LogP contribution in [0.3, 0.4) is 0 Å². The number of benzene rings is 1. The summed E-state index contributed by atoms with van der Waals surface area (Å²) in [4.78, 5) is 1.46. The third-order valence-corrected chi connectivity index (χ3v) is 3.60. The molecule has 6 heteroatoms.